The van der Waals surface area contributed by atoms with Crippen molar-refractivity contribution in [3.05, 3.63) is 40.3 Å². The van der Waals surface area contributed by atoms with E-state index >= 15 is 0 Å². The highest BCUT2D eigenvalue weighted by Gasteiger charge is 2.34. The summed E-state index contributed by atoms with van der Waals surface area (Å²) in [6.45, 7) is 6.93. The first-order valence-corrected chi connectivity index (χ1v) is 8.70. The predicted octanol–water partition coefficient (Wildman–Crippen LogP) is 5.04. The van der Waals surface area contributed by atoms with Crippen molar-refractivity contribution in [1.29, 1.82) is 0 Å². The molecular weight excluding hydrogens is 294 g/mol. The van der Waals surface area contributed by atoms with Gasteiger partial charge in [0.05, 0.1) is 4.91 Å². The Balaban J connectivity index is 2.08. The van der Waals surface area contributed by atoms with Gasteiger partial charge in [-0.3, -0.25) is 14.5 Å². The number of imide groups is 1. The molecule has 1 heterocycles. The summed E-state index contributed by atoms with van der Waals surface area (Å²) >= 11 is 1.04. The van der Waals surface area contributed by atoms with Crippen LogP contribution in [-0.4, -0.2) is 22.6 Å². The Morgan fingerprint density at radius 3 is 2.41 bits per heavy atom. The number of hydrogen-bond donors (Lipinski definition) is 0. The number of carbonyl (C=O) groups excluding carboxylic acids is 2. The summed E-state index contributed by atoms with van der Waals surface area (Å²) in [5.41, 5.74) is 2.23. The molecule has 118 valence electrons. The molecule has 1 aliphatic rings. The molecule has 0 spiro atoms. The van der Waals surface area contributed by atoms with Crippen molar-refractivity contribution >= 4 is 29.0 Å². The van der Waals surface area contributed by atoms with Crippen molar-refractivity contribution in [2.75, 3.05) is 6.54 Å². The normalized spacial score (nSPS) is 17.1. The van der Waals surface area contributed by atoms with E-state index in [-0.39, 0.29) is 11.1 Å². The van der Waals surface area contributed by atoms with Gasteiger partial charge in [-0.1, -0.05) is 57.9 Å². The Morgan fingerprint density at radius 1 is 1.14 bits per heavy atom. The maximum absolute atomic E-state index is 12.3. The summed E-state index contributed by atoms with van der Waals surface area (Å²) in [5, 5.41) is -0.147. The van der Waals surface area contributed by atoms with Gasteiger partial charge in [-0.2, -0.15) is 0 Å². The zero-order valence-corrected chi connectivity index (χ0v) is 14.3. The third-order valence-corrected chi connectivity index (χ3v) is 4.67. The van der Waals surface area contributed by atoms with Crippen LogP contribution in [0.2, 0.25) is 0 Å². The molecule has 22 heavy (non-hydrogen) atoms. The molecule has 1 saturated heterocycles. The molecule has 1 aromatic carbocycles. The van der Waals surface area contributed by atoms with Gasteiger partial charge in [0, 0.05) is 6.54 Å². The quantitative estimate of drug-likeness (QED) is 0.545. The molecule has 0 aromatic heterocycles. The van der Waals surface area contributed by atoms with Gasteiger partial charge in [0.15, 0.2) is 0 Å². The van der Waals surface area contributed by atoms with Gasteiger partial charge >= 0.3 is 0 Å². The predicted molar refractivity (Wildman–Crippen MR) is 92.7 cm³/mol. The average molecular weight is 317 g/mol. The number of thioether (sulfide) groups is 1. The fraction of sp³-hybridized carbons (Fsp3) is 0.444. The molecule has 0 saturated carbocycles. The number of nitrogens with zero attached hydrogens (tertiary/aromatic N) is 1. The van der Waals surface area contributed by atoms with Crippen molar-refractivity contribution in [2.45, 2.75) is 46.0 Å². The zero-order chi connectivity index (χ0) is 16.1. The maximum atomic E-state index is 12.3. The molecule has 1 fully saturated rings. The van der Waals surface area contributed by atoms with Crippen LogP contribution < -0.4 is 0 Å². The first-order valence-electron chi connectivity index (χ1n) is 7.88. The van der Waals surface area contributed by atoms with Crippen LogP contribution in [0.5, 0.6) is 0 Å². The zero-order valence-electron chi connectivity index (χ0n) is 13.5. The van der Waals surface area contributed by atoms with Crippen LogP contribution in [0.1, 0.15) is 57.1 Å². The Bertz CT molecular complexity index is 575. The van der Waals surface area contributed by atoms with E-state index in [2.05, 4.69) is 32.9 Å². The number of unbranched alkanes of at least 4 members (excludes halogenated alkanes) is 2. The number of amides is 2. The van der Waals surface area contributed by atoms with E-state index in [0.717, 1.165) is 36.6 Å². The fourth-order valence-electron chi connectivity index (χ4n) is 2.34. The van der Waals surface area contributed by atoms with Crippen LogP contribution in [-0.2, 0) is 4.79 Å². The summed E-state index contributed by atoms with van der Waals surface area (Å²) in [7, 11) is 0. The third kappa shape index (κ3) is 4.01. The van der Waals surface area contributed by atoms with Gasteiger partial charge in [-0.05, 0) is 41.3 Å². The molecule has 0 N–H and O–H groups in total. The van der Waals surface area contributed by atoms with Crippen molar-refractivity contribution in [2.24, 2.45) is 0 Å². The molecule has 1 aliphatic heterocycles. The van der Waals surface area contributed by atoms with Crippen LogP contribution in [0.25, 0.3) is 6.08 Å². The fourth-order valence-corrected chi connectivity index (χ4v) is 3.21. The van der Waals surface area contributed by atoms with E-state index in [4.69, 9.17) is 0 Å². The lowest BCUT2D eigenvalue weighted by molar-refractivity contribution is -0.122. The molecular formula is C18H23NO2S. The van der Waals surface area contributed by atoms with E-state index in [9.17, 15) is 9.59 Å². The summed E-state index contributed by atoms with van der Waals surface area (Å²) in [4.78, 5) is 26.2. The monoisotopic (exact) mass is 317 g/mol. The van der Waals surface area contributed by atoms with Crippen LogP contribution >= 0.6 is 11.8 Å². The standard InChI is InChI=1S/C18H23NO2S/c1-4-5-6-11-19-17(20)16(22-18(19)21)12-14-7-9-15(10-8-14)13(2)3/h7-10,12-13H,4-6,11H2,1-3H3/b16-12-. The van der Waals surface area contributed by atoms with Crippen LogP contribution in [0.15, 0.2) is 29.2 Å². The molecule has 2 amide bonds. The molecule has 3 nitrogen and oxygen atoms in total. The number of carbonyl (C=O) groups is 2. The Hall–Kier alpha value is -1.55. The largest absolute Gasteiger partial charge is 0.293 e. The van der Waals surface area contributed by atoms with Gasteiger partial charge in [0.1, 0.15) is 0 Å². The molecule has 0 aliphatic carbocycles. The topological polar surface area (TPSA) is 37.4 Å². The highest BCUT2D eigenvalue weighted by molar-refractivity contribution is 8.18. The second-order valence-corrected chi connectivity index (χ2v) is 6.86. The van der Waals surface area contributed by atoms with E-state index in [1.807, 2.05) is 18.2 Å². The van der Waals surface area contributed by atoms with Crippen molar-refractivity contribution in [1.82, 2.24) is 4.90 Å². The summed E-state index contributed by atoms with van der Waals surface area (Å²) < 4.78 is 0. The van der Waals surface area contributed by atoms with Crippen molar-refractivity contribution < 1.29 is 9.59 Å². The maximum Gasteiger partial charge on any atom is 0.293 e. The lowest BCUT2D eigenvalue weighted by Gasteiger charge is -2.11. The highest BCUT2D eigenvalue weighted by atomic mass is 32.2. The number of rotatable bonds is 6. The van der Waals surface area contributed by atoms with E-state index in [0.29, 0.717) is 17.4 Å². The van der Waals surface area contributed by atoms with Crippen LogP contribution in [0.4, 0.5) is 4.79 Å². The lowest BCUT2D eigenvalue weighted by Crippen LogP contribution is -2.29. The molecule has 0 atom stereocenters. The lowest BCUT2D eigenvalue weighted by atomic mass is 10.0. The van der Waals surface area contributed by atoms with Gasteiger partial charge < -0.3 is 0 Å². The molecule has 4 heteroatoms. The molecule has 1 aromatic rings. The highest BCUT2D eigenvalue weighted by Crippen LogP contribution is 2.32. The van der Waals surface area contributed by atoms with Crippen molar-refractivity contribution in [3.63, 3.8) is 0 Å². The molecule has 0 bridgehead atoms. The minimum atomic E-state index is -0.154. The summed E-state index contributed by atoms with van der Waals surface area (Å²) in [5.74, 6) is 0.332. The molecule has 0 unspecified atom stereocenters. The Kier molecular flexibility index (Phi) is 5.83. The van der Waals surface area contributed by atoms with Crippen molar-refractivity contribution in [3.8, 4) is 0 Å². The van der Waals surface area contributed by atoms with E-state index < -0.39 is 0 Å². The van der Waals surface area contributed by atoms with E-state index in [1.54, 1.807) is 0 Å². The Morgan fingerprint density at radius 2 is 1.82 bits per heavy atom. The minimum Gasteiger partial charge on any atom is -0.268 e. The van der Waals surface area contributed by atoms with Gasteiger partial charge in [-0.25, -0.2) is 0 Å². The smallest absolute Gasteiger partial charge is 0.268 e. The minimum absolute atomic E-state index is 0.147. The summed E-state index contributed by atoms with van der Waals surface area (Å²) in [6.07, 6.45) is 4.81. The first kappa shape index (κ1) is 16.8. The molecule has 2 rings (SSSR count). The third-order valence-electron chi connectivity index (χ3n) is 3.76. The van der Waals surface area contributed by atoms with Crippen LogP contribution in [0, 0.1) is 0 Å². The van der Waals surface area contributed by atoms with Gasteiger partial charge in [-0.15, -0.1) is 0 Å². The van der Waals surface area contributed by atoms with Gasteiger partial charge in [0.25, 0.3) is 11.1 Å². The van der Waals surface area contributed by atoms with Crippen LogP contribution in [0.3, 0.4) is 0 Å². The Labute approximate surface area is 136 Å². The summed E-state index contributed by atoms with van der Waals surface area (Å²) in [6, 6.07) is 8.14. The number of hydrogen-bond acceptors (Lipinski definition) is 3. The average Bonchev–Trinajstić information content (AvgIpc) is 2.75. The number of benzene rings is 1. The molecule has 0 radical (unpaired) electrons. The second-order valence-electron chi connectivity index (χ2n) is 5.86. The second kappa shape index (κ2) is 7.63. The SMILES string of the molecule is CCCCCN1C(=O)S/C(=C\c2ccc(C(C)C)cc2)C1=O. The van der Waals surface area contributed by atoms with Gasteiger partial charge in [0.2, 0.25) is 0 Å². The van der Waals surface area contributed by atoms with E-state index in [1.165, 1.54) is 10.5 Å². The first-order chi connectivity index (χ1) is 10.5.